The lowest BCUT2D eigenvalue weighted by molar-refractivity contribution is -0.169. The van der Waals surface area contributed by atoms with Crippen LogP contribution in [0.3, 0.4) is 0 Å². The molecule has 0 unspecified atom stereocenters. The van der Waals surface area contributed by atoms with Crippen molar-refractivity contribution < 1.29 is 26.4 Å². The maximum absolute atomic E-state index is 11.9. The first-order valence-corrected chi connectivity index (χ1v) is 6.11. The lowest BCUT2D eigenvalue weighted by Gasteiger charge is -1.97. The first-order valence-electron chi connectivity index (χ1n) is 3.74. The van der Waals surface area contributed by atoms with Crippen LogP contribution in [-0.2, 0) is 21.9 Å². The van der Waals surface area contributed by atoms with E-state index in [-0.39, 0.29) is 11.3 Å². The number of amides is 1. The zero-order valence-electron chi connectivity index (χ0n) is 8.09. The molecule has 0 radical (unpaired) electrons. The van der Waals surface area contributed by atoms with E-state index >= 15 is 0 Å². The molecule has 0 saturated carbocycles. The zero-order chi connectivity index (χ0) is 13.4. The standard InChI is InChI=1S/C5H5F3N4O3S2/c1-12-3(10-2(13)5(6,7)8)16-4(11-12)17(9,14)15/h1H3,(H2,9,14,15). The molecule has 12 heteroatoms. The summed E-state index contributed by atoms with van der Waals surface area (Å²) >= 11 is 0.262. The van der Waals surface area contributed by atoms with Gasteiger partial charge in [-0.2, -0.15) is 18.2 Å². The number of carbonyl (C=O) groups excluding carboxylic acids is 1. The largest absolute Gasteiger partial charge is 0.473 e. The summed E-state index contributed by atoms with van der Waals surface area (Å²) in [5.74, 6) is -2.35. The first-order chi connectivity index (χ1) is 7.51. The molecule has 0 aliphatic rings. The third-order valence-electron chi connectivity index (χ3n) is 1.37. The summed E-state index contributed by atoms with van der Waals surface area (Å²) in [6, 6.07) is 0. The molecule has 1 amide bonds. The number of nitrogens with zero attached hydrogens (tertiary/aromatic N) is 3. The van der Waals surface area contributed by atoms with Gasteiger partial charge in [0.1, 0.15) is 0 Å². The van der Waals surface area contributed by atoms with Crippen molar-refractivity contribution in [1.82, 2.24) is 9.78 Å². The van der Waals surface area contributed by atoms with E-state index in [1.807, 2.05) is 0 Å². The number of nitrogens with two attached hydrogens (primary N) is 1. The highest BCUT2D eigenvalue weighted by atomic mass is 32.2. The summed E-state index contributed by atoms with van der Waals surface area (Å²) in [4.78, 5) is 12.7. The number of hydrogen-bond acceptors (Lipinski definition) is 5. The predicted molar refractivity (Wildman–Crippen MR) is 49.1 cm³/mol. The fourth-order valence-electron chi connectivity index (χ4n) is 0.690. The number of primary sulfonamides is 1. The molecule has 1 aromatic rings. The summed E-state index contributed by atoms with van der Waals surface area (Å²) in [5, 5.41) is 8.04. The Balaban J connectivity index is 3.31. The van der Waals surface area contributed by atoms with Gasteiger partial charge in [0.05, 0.1) is 0 Å². The van der Waals surface area contributed by atoms with Crippen molar-refractivity contribution >= 4 is 27.3 Å². The second-order valence-corrected chi connectivity index (χ2v) is 5.42. The Labute approximate surface area is 96.4 Å². The molecule has 2 N–H and O–H groups in total. The Morgan fingerprint density at radius 3 is 2.41 bits per heavy atom. The molecular formula is C5H5F3N4O3S2. The van der Waals surface area contributed by atoms with Gasteiger partial charge in [0.15, 0.2) is 0 Å². The summed E-state index contributed by atoms with van der Waals surface area (Å²) in [6.45, 7) is 0. The molecule has 0 aliphatic carbocycles. The van der Waals surface area contributed by atoms with E-state index in [4.69, 9.17) is 5.14 Å². The number of halogens is 3. The van der Waals surface area contributed by atoms with Crippen LogP contribution < -0.4 is 9.94 Å². The van der Waals surface area contributed by atoms with Crippen molar-refractivity contribution in [2.24, 2.45) is 17.2 Å². The number of aryl methyl sites for hydroxylation is 1. The van der Waals surface area contributed by atoms with E-state index in [0.717, 1.165) is 7.05 Å². The zero-order valence-corrected chi connectivity index (χ0v) is 9.73. The molecule has 0 saturated heterocycles. The van der Waals surface area contributed by atoms with Crippen molar-refractivity contribution in [3.05, 3.63) is 4.80 Å². The smallest absolute Gasteiger partial charge is 0.262 e. The minimum absolute atomic E-state index is 0.262. The van der Waals surface area contributed by atoms with Gasteiger partial charge in [0.2, 0.25) is 9.14 Å². The van der Waals surface area contributed by atoms with Gasteiger partial charge in [-0.05, 0) is 0 Å². The minimum atomic E-state index is -5.13. The normalized spacial score (nSPS) is 14.1. The minimum Gasteiger partial charge on any atom is -0.262 e. The van der Waals surface area contributed by atoms with Crippen LogP contribution in [0.2, 0.25) is 0 Å². The van der Waals surface area contributed by atoms with Crippen molar-refractivity contribution in [3.63, 3.8) is 0 Å². The Bertz CT molecular complexity index is 611. The Hall–Kier alpha value is -1.27. The molecule has 1 aromatic heterocycles. The van der Waals surface area contributed by atoms with Crippen molar-refractivity contribution in [3.8, 4) is 0 Å². The summed E-state index contributed by atoms with van der Waals surface area (Å²) < 4.78 is 57.5. The molecule has 1 rings (SSSR count). The van der Waals surface area contributed by atoms with Crippen molar-refractivity contribution in [2.45, 2.75) is 10.5 Å². The fourth-order valence-corrected chi connectivity index (χ4v) is 2.24. The number of alkyl halides is 3. The molecule has 0 atom stereocenters. The highest BCUT2D eigenvalue weighted by Gasteiger charge is 2.38. The SMILES string of the molecule is Cn1nc(S(N)(=O)=O)sc1=NC(=O)C(F)(F)F. The number of carbonyl (C=O) groups is 1. The van der Waals surface area contributed by atoms with Crippen molar-refractivity contribution in [1.29, 1.82) is 0 Å². The number of sulfonamides is 1. The molecule has 0 aliphatic heterocycles. The van der Waals surface area contributed by atoms with Gasteiger partial charge in [0, 0.05) is 7.05 Å². The molecule has 0 spiro atoms. The second-order valence-electron chi connectivity index (χ2n) is 2.73. The Morgan fingerprint density at radius 1 is 1.53 bits per heavy atom. The van der Waals surface area contributed by atoms with E-state index in [9.17, 15) is 26.4 Å². The Kier molecular flexibility index (Phi) is 3.40. The van der Waals surface area contributed by atoms with Gasteiger partial charge >= 0.3 is 12.1 Å². The third-order valence-corrected chi connectivity index (χ3v) is 3.68. The van der Waals surface area contributed by atoms with E-state index in [0.29, 0.717) is 4.68 Å². The van der Waals surface area contributed by atoms with Gasteiger partial charge in [-0.1, -0.05) is 11.3 Å². The molecule has 96 valence electrons. The third kappa shape index (κ3) is 3.34. The lowest BCUT2D eigenvalue weighted by atomic mass is 10.6. The quantitative estimate of drug-likeness (QED) is 0.724. The maximum atomic E-state index is 11.9. The van der Waals surface area contributed by atoms with E-state index in [1.54, 1.807) is 0 Å². The van der Waals surface area contributed by atoms with Crippen LogP contribution >= 0.6 is 11.3 Å². The summed E-state index contributed by atoms with van der Waals surface area (Å²) in [5.41, 5.74) is 0. The van der Waals surface area contributed by atoms with E-state index in [2.05, 4.69) is 10.1 Å². The molecule has 0 bridgehead atoms. The number of hydrogen-bond donors (Lipinski definition) is 1. The highest BCUT2D eigenvalue weighted by Crippen LogP contribution is 2.16. The summed E-state index contributed by atoms with van der Waals surface area (Å²) in [7, 11) is -3.01. The molecule has 7 nitrogen and oxygen atoms in total. The molecule has 1 heterocycles. The van der Waals surface area contributed by atoms with Crippen LogP contribution in [-0.4, -0.2) is 30.3 Å². The average Bonchev–Trinajstić information content (AvgIpc) is 2.45. The van der Waals surface area contributed by atoms with Crippen LogP contribution in [0.4, 0.5) is 13.2 Å². The number of rotatable bonds is 1. The molecule has 0 aromatic carbocycles. The molecule has 0 fully saturated rings. The van der Waals surface area contributed by atoms with Gasteiger partial charge in [0.25, 0.3) is 10.0 Å². The fraction of sp³-hybridized carbons (Fsp3) is 0.400. The maximum Gasteiger partial charge on any atom is 0.473 e. The van der Waals surface area contributed by atoms with Crippen LogP contribution in [0.5, 0.6) is 0 Å². The van der Waals surface area contributed by atoms with Crippen LogP contribution in [0.25, 0.3) is 0 Å². The van der Waals surface area contributed by atoms with Gasteiger partial charge in [-0.25, -0.2) is 18.2 Å². The van der Waals surface area contributed by atoms with Crippen LogP contribution in [0, 0.1) is 0 Å². The number of aromatic nitrogens is 2. The molecule has 17 heavy (non-hydrogen) atoms. The Morgan fingerprint density at radius 2 is 2.06 bits per heavy atom. The van der Waals surface area contributed by atoms with Gasteiger partial charge in [-0.15, -0.1) is 5.10 Å². The second kappa shape index (κ2) is 4.19. The molecular weight excluding hydrogens is 285 g/mol. The topological polar surface area (TPSA) is 107 Å². The van der Waals surface area contributed by atoms with Crippen molar-refractivity contribution in [2.75, 3.05) is 0 Å². The van der Waals surface area contributed by atoms with Crippen LogP contribution in [0.15, 0.2) is 9.33 Å². The highest BCUT2D eigenvalue weighted by molar-refractivity contribution is 7.91. The summed E-state index contributed by atoms with van der Waals surface area (Å²) in [6.07, 6.45) is -5.13. The first kappa shape index (κ1) is 13.8. The predicted octanol–water partition coefficient (Wildman–Crippen LogP) is -0.881. The van der Waals surface area contributed by atoms with E-state index in [1.165, 1.54) is 0 Å². The van der Waals surface area contributed by atoms with Gasteiger partial charge in [-0.3, -0.25) is 4.79 Å². The van der Waals surface area contributed by atoms with Gasteiger partial charge < -0.3 is 0 Å². The average molecular weight is 290 g/mol. The van der Waals surface area contributed by atoms with E-state index < -0.39 is 31.2 Å². The monoisotopic (exact) mass is 290 g/mol. The van der Waals surface area contributed by atoms with Crippen LogP contribution in [0.1, 0.15) is 0 Å². The lowest BCUT2D eigenvalue weighted by Crippen LogP contribution is -2.24.